The monoisotopic (exact) mass is 164 g/mol. The molecule has 0 amide bonds. The van der Waals surface area contributed by atoms with Crippen LogP contribution in [0.2, 0.25) is 0 Å². The topological polar surface area (TPSA) is 98.0 Å². The minimum atomic E-state index is -2.65. The van der Waals surface area contributed by atoms with Crippen LogP contribution in [0.25, 0.3) is 0 Å². The van der Waals surface area contributed by atoms with Gasteiger partial charge in [-0.3, -0.25) is 4.79 Å². The lowest BCUT2D eigenvalue weighted by Crippen LogP contribution is -2.26. The number of carbonyl (C=O) groups is 1. The maximum Gasteiger partial charge on any atom is 0.303 e. The fourth-order valence-corrected chi connectivity index (χ4v) is 0.638. The number of carboxylic acids is 1. The first-order chi connectivity index (χ1) is 4.92. The van der Waals surface area contributed by atoms with Crippen LogP contribution in [0.5, 0.6) is 0 Å². The predicted molar refractivity (Wildman–Crippen MR) is 35.5 cm³/mol. The number of aliphatic carboxylic acids is 1. The summed E-state index contributed by atoms with van der Waals surface area (Å²) in [6.45, 7) is 0. The Morgan fingerprint density at radius 1 is 1.18 bits per heavy atom. The molecular formula is C6H12O5. The van der Waals surface area contributed by atoms with E-state index in [9.17, 15) is 4.79 Å². The molecule has 0 atom stereocenters. The lowest BCUT2D eigenvalue weighted by molar-refractivity contribution is -0.315. The predicted octanol–water partition coefficient (Wildman–Crippen LogP) is -0.738. The first-order valence-corrected chi connectivity index (χ1v) is 3.31. The average molecular weight is 164 g/mol. The third-order valence-corrected chi connectivity index (χ3v) is 1.15. The van der Waals surface area contributed by atoms with Crippen LogP contribution in [0.15, 0.2) is 0 Å². The van der Waals surface area contributed by atoms with Crippen molar-refractivity contribution in [3.8, 4) is 0 Å². The summed E-state index contributed by atoms with van der Waals surface area (Å²) in [6.07, 6.45) is 0.366. The largest absolute Gasteiger partial charge is 0.481 e. The molecule has 0 aliphatic rings. The van der Waals surface area contributed by atoms with Crippen LogP contribution >= 0.6 is 0 Å². The summed E-state index contributed by atoms with van der Waals surface area (Å²) in [4.78, 5) is 9.94. The minimum Gasteiger partial charge on any atom is -0.481 e. The molecule has 0 bridgehead atoms. The van der Waals surface area contributed by atoms with E-state index in [1.165, 1.54) is 0 Å². The van der Waals surface area contributed by atoms with Gasteiger partial charge in [0.1, 0.15) is 0 Å². The van der Waals surface area contributed by atoms with Gasteiger partial charge in [-0.25, -0.2) is 0 Å². The van der Waals surface area contributed by atoms with Crippen LogP contribution in [0.1, 0.15) is 25.7 Å². The van der Waals surface area contributed by atoms with Gasteiger partial charge >= 0.3 is 5.97 Å². The van der Waals surface area contributed by atoms with Gasteiger partial charge in [-0.2, -0.15) is 0 Å². The maximum absolute atomic E-state index is 9.94. The number of hydrogen-bond donors (Lipinski definition) is 4. The molecule has 0 saturated carbocycles. The van der Waals surface area contributed by atoms with Crippen molar-refractivity contribution in [3.63, 3.8) is 0 Å². The molecule has 11 heavy (non-hydrogen) atoms. The zero-order valence-electron chi connectivity index (χ0n) is 6.03. The number of hydrogen-bond acceptors (Lipinski definition) is 4. The molecule has 0 heterocycles. The molecule has 5 heteroatoms. The van der Waals surface area contributed by atoms with E-state index in [1.54, 1.807) is 0 Å². The summed E-state index contributed by atoms with van der Waals surface area (Å²) >= 11 is 0. The SMILES string of the molecule is O=C(O)CCCCC(O)(O)O. The summed E-state index contributed by atoms with van der Waals surface area (Å²) in [5, 5.41) is 33.2. The molecule has 0 aliphatic carbocycles. The Labute approximate surface area is 63.9 Å². The molecule has 0 aromatic rings. The smallest absolute Gasteiger partial charge is 0.303 e. The molecule has 66 valence electrons. The highest BCUT2D eigenvalue weighted by atomic mass is 16.7. The van der Waals surface area contributed by atoms with Gasteiger partial charge in [0.05, 0.1) is 0 Å². The van der Waals surface area contributed by atoms with E-state index < -0.39 is 11.9 Å². The molecule has 0 fully saturated rings. The Kier molecular flexibility index (Phi) is 4.02. The molecule has 0 rings (SSSR count). The summed E-state index contributed by atoms with van der Waals surface area (Å²) in [7, 11) is 0. The standard InChI is InChI=1S/C6H12O5/c7-5(8)3-1-2-4-6(9,10)11/h9-11H,1-4H2,(H,7,8). The number of carboxylic acid groups (broad SMARTS) is 1. The molecule has 5 nitrogen and oxygen atoms in total. The van der Waals surface area contributed by atoms with Crippen molar-refractivity contribution in [1.29, 1.82) is 0 Å². The summed E-state index contributed by atoms with van der Waals surface area (Å²) in [5.74, 6) is -3.58. The Morgan fingerprint density at radius 2 is 1.73 bits per heavy atom. The zero-order chi connectivity index (χ0) is 8.91. The van der Waals surface area contributed by atoms with Crippen LogP contribution in [0.3, 0.4) is 0 Å². The molecule has 0 aromatic carbocycles. The lowest BCUT2D eigenvalue weighted by Gasteiger charge is -2.12. The van der Waals surface area contributed by atoms with Gasteiger partial charge in [-0.15, -0.1) is 0 Å². The van der Waals surface area contributed by atoms with Crippen LogP contribution in [0, 0.1) is 0 Å². The highest BCUT2D eigenvalue weighted by Crippen LogP contribution is 2.08. The average Bonchev–Trinajstić information content (AvgIpc) is 1.78. The number of rotatable bonds is 5. The maximum atomic E-state index is 9.94. The first kappa shape index (κ1) is 10.3. The third-order valence-electron chi connectivity index (χ3n) is 1.15. The summed E-state index contributed by atoms with van der Waals surface area (Å²) < 4.78 is 0. The fraction of sp³-hybridized carbons (Fsp3) is 0.833. The van der Waals surface area contributed by atoms with E-state index >= 15 is 0 Å². The summed E-state index contributed by atoms with van der Waals surface area (Å²) in [5.41, 5.74) is 0. The second-order valence-corrected chi connectivity index (χ2v) is 2.38. The van der Waals surface area contributed by atoms with Crippen molar-refractivity contribution < 1.29 is 25.2 Å². The fourth-order valence-electron chi connectivity index (χ4n) is 0.638. The van der Waals surface area contributed by atoms with Gasteiger partial charge < -0.3 is 20.4 Å². The van der Waals surface area contributed by atoms with E-state index in [4.69, 9.17) is 20.4 Å². The lowest BCUT2D eigenvalue weighted by atomic mass is 10.2. The Balaban J connectivity index is 3.22. The van der Waals surface area contributed by atoms with E-state index in [0.29, 0.717) is 6.42 Å². The highest BCUT2D eigenvalue weighted by molar-refractivity contribution is 5.66. The van der Waals surface area contributed by atoms with Gasteiger partial charge in [0.2, 0.25) is 0 Å². The first-order valence-electron chi connectivity index (χ1n) is 3.31. The third kappa shape index (κ3) is 9.35. The quantitative estimate of drug-likeness (QED) is 0.317. The van der Waals surface area contributed by atoms with Crippen molar-refractivity contribution in [2.24, 2.45) is 0 Å². The van der Waals surface area contributed by atoms with Crippen LogP contribution in [-0.4, -0.2) is 32.4 Å². The van der Waals surface area contributed by atoms with Crippen LogP contribution in [-0.2, 0) is 4.79 Å². The minimum absolute atomic E-state index is 0.0178. The molecule has 0 aromatic heterocycles. The van der Waals surface area contributed by atoms with Gasteiger partial charge in [0, 0.05) is 12.8 Å². The Hall–Kier alpha value is -0.650. The van der Waals surface area contributed by atoms with Crippen molar-refractivity contribution in [2.75, 3.05) is 0 Å². The Morgan fingerprint density at radius 3 is 2.09 bits per heavy atom. The van der Waals surface area contributed by atoms with Crippen molar-refractivity contribution in [1.82, 2.24) is 0 Å². The molecule has 4 N–H and O–H groups in total. The molecule has 0 spiro atoms. The van der Waals surface area contributed by atoms with Gasteiger partial charge in [-0.05, 0) is 12.8 Å². The molecule has 0 radical (unpaired) electrons. The van der Waals surface area contributed by atoms with E-state index in [1.807, 2.05) is 0 Å². The normalized spacial score (nSPS) is 11.5. The van der Waals surface area contributed by atoms with Crippen molar-refractivity contribution in [3.05, 3.63) is 0 Å². The Bertz CT molecular complexity index is 125. The second-order valence-electron chi connectivity index (χ2n) is 2.38. The summed E-state index contributed by atoms with van der Waals surface area (Å²) in [6, 6.07) is 0. The van der Waals surface area contributed by atoms with Gasteiger partial charge in [0.25, 0.3) is 5.97 Å². The van der Waals surface area contributed by atoms with Gasteiger partial charge in [-0.1, -0.05) is 0 Å². The molecule has 0 unspecified atom stereocenters. The van der Waals surface area contributed by atoms with Crippen molar-refractivity contribution in [2.45, 2.75) is 31.7 Å². The number of unbranched alkanes of at least 4 members (excludes halogenated alkanes) is 1. The highest BCUT2D eigenvalue weighted by Gasteiger charge is 2.16. The van der Waals surface area contributed by atoms with Gasteiger partial charge in [0.15, 0.2) is 0 Å². The van der Waals surface area contributed by atoms with E-state index in [2.05, 4.69) is 0 Å². The van der Waals surface area contributed by atoms with Crippen LogP contribution in [0.4, 0.5) is 0 Å². The van der Waals surface area contributed by atoms with Crippen molar-refractivity contribution >= 4 is 5.97 Å². The van der Waals surface area contributed by atoms with E-state index in [0.717, 1.165) is 0 Å². The number of aliphatic hydroxyl groups is 3. The molecule has 0 aliphatic heterocycles. The zero-order valence-corrected chi connectivity index (χ0v) is 6.03. The van der Waals surface area contributed by atoms with Crippen LogP contribution < -0.4 is 0 Å². The van der Waals surface area contributed by atoms with E-state index in [-0.39, 0.29) is 19.3 Å². The molecule has 0 saturated heterocycles. The molecular weight excluding hydrogens is 152 g/mol. The second kappa shape index (κ2) is 4.27.